The van der Waals surface area contributed by atoms with Gasteiger partial charge in [0.15, 0.2) is 5.82 Å². The molecule has 5 fully saturated rings. The van der Waals surface area contributed by atoms with Crippen molar-refractivity contribution in [1.29, 1.82) is 5.26 Å². The molecule has 5 aliphatic rings. The molecule has 4 saturated heterocycles. The lowest BCUT2D eigenvalue weighted by Crippen LogP contribution is -2.57. The summed E-state index contributed by atoms with van der Waals surface area (Å²) in [4.78, 5) is 42.0. The molecule has 6 heterocycles. The van der Waals surface area contributed by atoms with Crippen molar-refractivity contribution >= 4 is 55.3 Å². The van der Waals surface area contributed by atoms with E-state index in [-0.39, 0.29) is 68.4 Å². The second kappa shape index (κ2) is 14.6. The van der Waals surface area contributed by atoms with E-state index < -0.39 is 40.6 Å². The second-order valence-corrected chi connectivity index (χ2v) is 20.1. The van der Waals surface area contributed by atoms with Crippen molar-refractivity contribution in [2.24, 2.45) is 0 Å². The zero-order chi connectivity index (χ0) is 42.5. The van der Waals surface area contributed by atoms with Crippen LogP contribution in [0, 0.1) is 23.0 Å². The predicted molar refractivity (Wildman–Crippen MR) is 222 cm³/mol. The van der Waals surface area contributed by atoms with Gasteiger partial charge in [0.25, 0.3) is 0 Å². The first-order valence-corrected chi connectivity index (χ1v) is 21.7. The van der Waals surface area contributed by atoms with Crippen molar-refractivity contribution in [1.82, 2.24) is 19.8 Å². The first-order valence-electron chi connectivity index (χ1n) is 20.9. The van der Waals surface area contributed by atoms with Crippen molar-refractivity contribution in [2.45, 2.75) is 127 Å². The predicted octanol–water partition coefficient (Wildman–Crippen LogP) is 9.43. The van der Waals surface area contributed by atoms with Crippen LogP contribution in [0.1, 0.15) is 104 Å². The normalized spacial score (nSPS) is 24.2. The van der Waals surface area contributed by atoms with Crippen LogP contribution in [0.5, 0.6) is 6.01 Å². The Bertz CT molecular complexity index is 2440. The molecular formula is C44H50F3N7O5S. The average Bonchev–Trinajstić information content (AvgIpc) is 3.62. The fraction of sp³-hybridized carbons (Fsp3) is 0.568. The number of thiophene rings is 1. The van der Waals surface area contributed by atoms with Gasteiger partial charge in [-0.3, -0.25) is 15.1 Å². The van der Waals surface area contributed by atoms with Gasteiger partial charge in [-0.05, 0) is 116 Å². The summed E-state index contributed by atoms with van der Waals surface area (Å²) in [5.74, 6) is -0.840. The number of alkyl halides is 1. The number of ether oxygens (including phenoxy) is 3. The minimum Gasteiger partial charge on any atom is -0.461 e. The summed E-state index contributed by atoms with van der Waals surface area (Å²) in [6, 6.07) is 6.41. The Morgan fingerprint density at radius 3 is 2.40 bits per heavy atom. The van der Waals surface area contributed by atoms with E-state index in [0.717, 1.165) is 56.4 Å². The van der Waals surface area contributed by atoms with Crippen molar-refractivity contribution in [3.63, 3.8) is 0 Å². The van der Waals surface area contributed by atoms with Gasteiger partial charge in [-0.15, -0.1) is 11.3 Å². The monoisotopic (exact) mass is 845 g/mol. The number of carbonyl (C=O) groups is 2. The number of nitrogens with one attached hydrogen (secondary N) is 1. The van der Waals surface area contributed by atoms with Crippen molar-refractivity contribution in [3.8, 4) is 23.2 Å². The number of benzene rings is 2. The van der Waals surface area contributed by atoms with Gasteiger partial charge in [-0.1, -0.05) is 6.07 Å². The minimum atomic E-state index is -0.970. The fourth-order valence-electron chi connectivity index (χ4n) is 9.81. The van der Waals surface area contributed by atoms with Gasteiger partial charge < -0.3 is 19.1 Å². The smallest absolute Gasteiger partial charge is 0.412 e. The Balaban J connectivity index is 1.18. The maximum atomic E-state index is 17.9. The molecule has 0 unspecified atom stereocenters. The summed E-state index contributed by atoms with van der Waals surface area (Å²) in [7, 11) is 0. The minimum absolute atomic E-state index is 0.00885. The molecule has 1 saturated carbocycles. The molecule has 318 valence electrons. The number of fused-ring (bicyclic) bond motifs is 5. The fourth-order valence-corrected chi connectivity index (χ4v) is 10.9. The lowest BCUT2D eigenvalue weighted by molar-refractivity contribution is 0.0122. The number of anilines is 2. The van der Waals surface area contributed by atoms with Crippen LogP contribution in [-0.2, 0) is 9.47 Å². The van der Waals surface area contributed by atoms with E-state index in [0.29, 0.717) is 48.4 Å². The van der Waals surface area contributed by atoms with Crippen molar-refractivity contribution in [2.75, 3.05) is 43.0 Å². The first kappa shape index (κ1) is 40.5. The third-order valence-electron chi connectivity index (χ3n) is 12.3. The molecule has 2 aromatic heterocycles. The summed E-state index contributed by atoms with van der Waals surface area (Å²) in [5.41, 5.74) is -0.840. The highest BCUT2D eigenvalue weighted by molar-refractivity contribution is 7.23. The number of hydrogen-bond acceptors (Lipinski definition) is 11. The average molecular weight is 846 g/mol. The van der Waals surface area contributed by atoms with Crippen LogP contribution in [0.15, 0.2) is 18.2 Å². The number of carbonyl (C=O) groups excluding carboxylic acids is 2. The SMILES string of the molecule is CC(C)(C)OC(=O)Nc1sc2c(F)ccc(-c3c(C4CC4)cc4c(N5C[C@H]6CC[C@@H](C5)N6C(=O)OC(C)(C)C)nc(OC[C@@]56CCCN5C[C@H](F)C6)nc4c3F)c2c1C#N. The molecule has 12 nitrogen and oxygen atoms in total. The molecule has 1 N–H and O–H groups in total. The van der Waals surface area contributed by atoms with E-state index in [2.05, 4.69) is 21.2 Å². The zero-order valence-electron chi connectivity index (χ0n) is 34.8. The topological polar surface area (TPSA) is 133 Å². The highest BCUT2D eigenvalue weighted by Gasteiger charge is 2.50. The molecule has 60 heavy (non-hydrogen) atoms. The summed E-state index contributed by atoms with van der Waals surface area (Å²) in [6.07, 6.45) is 3.02. The molecule has 2 bridgehead atoms. The molecule has 0 radical (unpaired) electrons. The molecule has 4 aliphatic heterocycles. The number of piperazine rings is 1. The summed E-state index contributed by atoms with van der Waals surface area (Å²) in [5, 5.41) is 13.8. The molecule has 2 aromatic carbocycles. The maximum Gasteiger partial charge on any atom is 0.412 e. The molecule has 4 atom stereocenters. The van der Waals surface area contributed by atoms with Crippen LogP contribution >= 0.6 is 11.3 Å². The van der Waals surface area contributed by atoms with E-state index in [9.17, 15) is 19.2 Å². The van der Waals surface area contributed by atoms with Gasteiger partial charge in [0.1, 0.15) is 52.2 Å². The van der Waals surface area contributed by atoms with E-state index in [1.165, 1.54) is 12.1 Å². The largest absolute Gasteiger partial charge is 0.461 e. The number of amides is 2. The van der Waals surface area contributed by atoms with Crippen LogP contribution in [0.2, 0.25) is 0 Å². The quantitative estimate of drug-likeness (QED) is 0.192. The molecule has 4 aromatic rings. The van der Waals surface area contributed by atoms with E-state index in [1.54, 1.807) is 20.8 Å². The lowest BCUT2D eigenvalue weighted by atomic mass is 9.91. The molecule has 16 heteroatoms. The van der Waals surface area contributed by atoms with E-state index in [1.807, 2.05) is 31.7 Å². The number of halogens is 3. The number of nitrogens with zero attached hydrogens (tertiary/aromatic N) is 6. The van der Waals surface area contributed by atoms with Gasteiger partial charge in [0, 0.05) is 42.4 Å². The Morgan fingerprint density at radius 1 is 1.02 bits per heavy atom. The number of rotatable bonds is 7. The van der Waals surface area contributed by atoms with Crippen LogP contribution in [0.3, 0.4) is 0 Å². The standard InChI is InChI=1S/C44H50F3N7O5S/c1-42(2,3)58-40(55)51-38-30(18-48)33-27(12-13-31(46)36(33)60-38)32-28(23-8-9-23)16-29-35(34(32)47)49-39(57-22-44-14-7-15-53(44)19-24(45)17-44)50-37(29)52-20-25-10-11-26(21-52)54(25)41(56)59-43(4,5)6/h12-13,16,23-26H,7-11,14-15,17,19-22H2,1-6H3,(H,51,55)/t24-,25-,26+,44+/m1/s1. The van der Waals surface area contributed by atoms with Gasteiger partial charge in [-0.25, -0.2) is 22.8 Å². The summed E-state index contributed by atoms with van der Waals surface area (Å²) < 4.78 is 66.1. The summed E-state index contributed by atoms with van der Waals surface area (Å²) in [6.45, 7) is 12.8. The lowest BCUT2D eigenvalue weighted by Gasteiger charge is -2.42. The number of hydrogen-bond donors (Lipinski definition) is 1. The summed E-state index contributed by atoms with van der Waals surface area (Å²) >= 11 is 0.886. The molecule has 2 amide bonds. The van der Waals surface area contributed by atoms with E-state index >= 15 is 8.78 Å². The highest BCUT2D eigenvalue weighted by atomic mass is 32.1. The molecular weight excluding hydrogens is 796 g/mol. The Labute approximate surface area is 351 Å². The maximum absolute atomic E-state index is 17.9. The van der Waals surface area contributed by atoms with Gasteiger partial charge in [-0.2, -0.15) is 15.2 Å². The Kier molecular flexibility index (Phi) is 9.89. The first-order chi connectivity index (χ1) is 28.4. The van der Waals surface area contributed by atoms with Crippen LogP contribution in [-0.4, -0.2) is 99.7 Å². The van der Waals surface area contributed by atoms with Gasteiger partial charge in [0.05, 0.1) is 27.9 Å². The van der Waals surface area contributed by atoms with Crippen LogP contribution < -0.4 is 15.0 Å². The third kappa shape index (κ3) is 7.35. The van der Waals surface area contributed by atoms with Crippen molar-refractivity contribution < 1.29 is 37.0 Å². The number of aromatic nitrogens is 2. The van der Waals surface area contributed by atoms with E-state index in [4.69, 9.17) is 24.2 Å². The Morgan fingerprint density at radius 2 is 1.73 bits per heavy atom. The molecule has 1 aliphatic carbocycles. The van der Waals surface area contributed by atoms with Gasteiger partial charge >= 0.3 is 18.2 Å². The zero-order valence-corrected chi connectivity index (χ0v) is 35.6. The molecule has 9 rings (SSSR count). The molecule has 0 spiro atoms. The van der Waals surface area contributed by atoms with Gasteiger partial charge in [0.2, 0.25) is 0 Å². The third-order valence-corrected chi connectivity index (χ3v) is 13.5. The number of nitriles is 1. The highest BCUT2D eigenvalue weighted by Crippen LogP contribution is 2.51. The Hall–Kier alpha value is -4.88. The van der Waals surface area contributed by atoms with Crippen molar-refractivity contribution in [3.05, 3.63) is 41.0 Å². The van der Waals surface area contributed by atoms with Crippen LogP contribution in [0.4, 0.5) is 33.6 Å². The van der Waals surface area contributed by atoms with Crippen LogP contribution in [0.25, 0.3) is 32.1 Å². The second-order valence-electron chi connectivity index (χ2n) is 19.0.